The van der Waals surface area contributed by atoms with E-state index in [4.69, 9.17) is 10.00 Å². The molecule has 1 saturated heterocycles. The fourth-order valence-electron chi connectivity index (χ4n) is 2.59. The number of nitriles is 1. The van der Waals surface area contributed by atoms with Crippen LogP contribution >= 0.6 is 0 Å². The average Bonchev–Trinajstić information content (AvgIpc) is 3.01. The van der Waals surface area contributed by atoms with Crippen LogP contribution in [0.25, 0.3) is 0 Å². The highest BCUT2D eigenvalue weighted by atomic mass is 32.2. The van der Waals surface area contributed by atoms with Gasteiger partial charge >= 0.3 is 6.03 Å². The molecule has 10 heteroatoms. The van der Waals surface area contributed by atoms with Crippen LogP contribution in [0.2, 0.25) is 0 Å². The molecule has 1 fully saturated rings. The van der Waals surface area contributed by atoms with Gasteiger partial charge in [-0.2, -0.15) is 5.26 Å². The molecule has 0 saturated carbocycles. The maximum atomic E-state index is 12.5. The summed E-state index contributed by atoms with van der Waals surface area (Å²) in [7, 11) is -3.91. The molecule has 0 radical (unpaired) electrons. The van der Waals surface area contributed by atoms with Crippen molar-refractivity contribution in [1.29, 1.82) is 5.26 Å². The summed E-state index contributed by atoms with van der Waals surface area (Å²) in [5.41, 5.74) is 0.501. The van der Waals surface area contributed by atoms with Crippen molar-refractivity contribution < 1.29 is 22.7 Å². The number of urea groups is 1. The first-order valence-electron chi connectivity index (χ1n) is 8.20. The topological polar surface area (TPSA) is 137 Å². The summed E-state index contributed by atoms with van der Waals surface area (Å²) in [6, 6.07) is 11.7. The van der Waals surface area contributed by atoms with Gasteiger partial charge in [0, 0.05) is 6.04 Å². The number of amides is 3. The number of carbonyl (C=O) groups is 2. The van der Waals surface area contributed by atoms with Crippen molar-refractivity contribution in [3.63, 3.8) is 0 Å². The molecule has 1 aliphatic rings. The van der Waals surface area contributed by atoms with Crippen LogP contribution in [0.3, 0.4) is 0 Å². The predicted molar refractivity (Wildman–Crippen MR) is 97.9 cm³/mol. The molecule has 0 aliphatic carbocycles. The van der Waals surface area contributed by atoms with Gasteiger partial charge in [0.1, 0.15) is 17.5 Å². The molecular formula is C18H16N4O5S. The highest BCUT2D eigenvalue weighted by Crippen LogP contribution is 2.23. The van der Waals surface area contributed by atoms with Crippen LogP contribution in [0, 0.1) is 11.3 Å². The zero-order valence-electron chi connectivity index (χ0n) is 14.7. The van der Waals surface area contributed by atoms with Crippen LogP contribution in [0.5, 0.6) is 11.5 Å². The maximum absolute atomic E-state index is 12.5. The van der Waals surface area contributed by atoms with Crippen LogP contribution in [-0.4, -0.2) is 32.4 Å². The van der Waals surface area contributed by atoms with Gasteiger partial charge in [-0.25, -0.2) is 17.9 Å². The molecule has 0 unspecified atom stereocenters. The van der Waals surface area contributed by atoms with Gasteiger partial charge in [0.15, 0.2) is 0 Å². The Kier molecular flexibility index (Phi) is 5.30. The van der Waals surface area contributed by atoms with Crippen LogP contribution in [-0.2, 0) is 14.8 Å². The first-order chi connectivity index (χ1) is 13.3. The molecule has 1 aliphatic heterocycles. The molecule has 3 amide bonds. The number of sulfonamides is 1. The van der Waals surface area contributed by atoms with Crippen molar-refractivity contribution in [3.8, 4) is 17.6 Å². The first kappa shape index (κ1) is 19.3. The Hall–Kier alpha value is -3.42. The standard InChI is InChI=1S/C18H16N4O5S/c1-11(16-17(23)21-18(24)20-16)22-28(25,26)15-8-6-14(7-9-15)27-13-4-2-12(10-19)3-5-13/h2-9,11,16,22H,1H3,(H2,20,21,23,24)/t11-,16+/m1/s1. The predicted octanol–water partition coefficient (Wildman–Crippen LogP) is 1.23. The normalized spacial score (nSPS) is 17.4. The van der Waals surface area contributed by atoms with E-state index in [0.29, 0.717) is 17.1 Å². The molecule has 3 rings (SSSR count). The Morgan fingerprint density at radius 2 is 1.64 bits per heavy atom. The van der Waals surface area contributed by atoms with Crippen molar-refractivity contribution in [1.82, 2.24) is 15.4 Å². The summed E-state index contributed by atoms with van der Waals surface area (Å²) in [4.78, 5) is 22.8. The van der Waals surface area contributed by atoms with Gasteiger partial charge in [-0.3, -0.25) is 10.1 Å². The molecule has 28 heavy (non-hydrogen) atoms. The molecule has 1 heterocycles. The van der Waals surface area contributed by atoms with E-state index in [0.717, 1.165) is 0 Å². The maximum Gasteiger partial charge on any atom is 0.322 e. The Balaban J connectivity index is 1.68. The molecular weight excluding hydrogens is 384 g/mol. The van der Waals surface area contributed by atoms with E-state index in [1.165, 1.54) is 31.2 Å². The molecule has 0 aromatic heterocycles. The van der Waals surface area contributed by atoms with Gasteiger partial charge in [-0.05, 0) is 55.5 Å². The van der Waals surface area contributed by atoms with Gasteiger partial charge in [0.2, 0.25) is 10.0 Å². The molecule has 2 aromatic carbocycles. The van der Waals surface area contributed by atoms with E-state index in [1.54, 1.807) is 24.3 Å². The zero-order chi connectivity index (χ0) is 20.3. The van der Waals surface area contributed by atoms with Crippen molar-refractivity contribution in [3.05, 3.63) is 54.1 Å². The van der Waals surface area contributed by atoms with Gasteiger partial charge in [-0.15, -0.1) is 0 Å². The molecule has 0 spiro atoms. The second-order valence-electron chi connectivity index (χ2n) is 6.06. The lowest BCUT2D eigenvalue weighted by atomic mass is 10.1. The van der Waals surface area contributed by atoms with E-state index >= 15 is 0 Å². The third-order valence-corrected chi connectivity index (χ3v) is 5.57. The summed E-state index contributed by atoms with van der Waals surface area (Å²) in [6.45, 7) is 1.48. The fourth-order valence-corrected chi connectivity index (χ4v) is 3.84. The Bertz CT molecular complexity index is 1040. The van der Waals surface area contributed by atoms with Gasteiger partial charge < -0.3 is 10.1 Å². The number of benzene rings is 2. The Morgan fingerprint density at radius 1 is 1.07 bits per heavy atom. The lowest BCUT2D eigenvalue weighted by Crippen LogP contribution is -2.49. The van der Waals surface area contributed by atoms with Crippen molar-refractivity contribution in [2.75, 3.05) is 0 Å². The summed E-state index contributed by atoms with van der Waals surface area (Å²) < 4.78 is 33.0. The van der Waals surface area contributed by atoms with E-state index in [9.17, 15) is 18.0 Å². The van der Waals surface area contributed by atoms with Crippen LogP contribution in [0.4, 0.5) is 4.79 Å². The van der Waals surface area contributed by atoms with E-state index in [-0.39, 0.29) is 4.90 Å². The van der Waals surface area contributed by atoms with Gasteiger partial charge in [-0.1, -0.05) is 0 Å². The lowest BCUT2D eigenvalue weighted by molar-refractivity contribution is -0.120. The monoisotopic (exact) mass is 400 g/mol. The number of imide groups is 1. The van der Waals surface area contributed by atoms with Crippen molar-refractivity contribution >= 4 is 22.0 Å². The number of ether oxygens (including phenoxy) is 1. The Morgan fingerprint density at radius 3 is 2.14 bits per heavy atom. The quantitative estimate of drug-likeness (QED) is 0.624. The van der Waals surface area contributed by atoms with E-state index < -0.39 is 34.0 Å². The molecule has 2 aromatic rings. The average molecular weight is 400 g/mol. The largest absolute Gasteiger partial charge is 0.457 e. The lowest BCUT2D eigenvalue weighted by Gasteiger charge is -2.18. The highest BCUT2D eigenvalue weighted by Gasteiger charge is 2.36. The minimum atomic E-state index is -3.91. The fraction of sp³-hybridized carbons (Fsp3) is 0.167. The molecule has 144 valence electrons. The minimum Gasteiger partial charge on any atom is -0.457 e. The minimum absolute atomic E-state index is 0.0174. The zero-order valence-corrected chi connectivity index (χ0v) is 15.5. The number of carbonyl (C=O) groups excluding carboxylic acids is 2. The van der Waals surface area contributed by atoms with Crippen molar-refractivity contribution in [2.24, 2.45) is 0 Å². The molecule has 0 bridgehead atoms. The number of hydrogen-bond acceptors (Lipinski definition) is 6. The summed E-state index contributed by atoms with van der Waals surface area (Å²) >= 11 is 0. The van der Waals surface area contributed by atoms with Crippen LogP contribution < -0.4 is 20.1 Å². The smallest absolute Gasteiger partial charge is 0.322 e. The molecule has 9 nitrogen and oxygen atoms in total. The number of nitrogens with one attached hydrogen (secondary N) is 3. The van der Waals surface area contributed by atoms with Crippen molar-refractivity contribution in [2.45, 2.75) is 23.9 Å². The van der Waals surface area contributed by atoms with Crippen LogP contribution in [0.1, 0.15) is 12.5 Å². The third-order valence-electron chi connectivity index (χ3n) is 4.00. The third kappa shape index (κ3) is 4.28. The summed E-state index contributed by atoms with van der Waals surface area (Å²) in [5.74, 6) is 0.329. The molecule has 3 N–H and O–H groups in total. The second-order valence-corrected chi connectivity index (χ2v) is 7.77. The number of nitrogens with zero attached hydrogens (tertiary/aromatic N) is 1. The number of hydrogen-bond donors (Lipinski definition) is 3. The second kappa shape index (κ2) is 7.67. The van der Waals surface area contributed by atoms with Crippen LogP contribution in [0.15, 0.2) is 53.4 Å². The first-order valence-corrected chi connectivity index (χ1v) is 9.68. The van der Waals surface area contributed by atoms with E-state index in [1.807, 2.05) is 6.07 Å². The SMILES string of the molecule is C[C@@H](NS(=O)(=O)c1ccc(Oc2ccc(C#N)cc2)cc1)[C@@H]1NC(=O)NC1=O. The number of rotatable bonds is 6. The van der Waals surface area contributed by atoms with Gasteiger partial charge in [0.25, 0.3) is 5.91 Å². The molecule has 2 atom stereocenters. The summed E-state index contributed by atoms with van der Waals surface area (Å²) in [6.07, 6.45) is 0. The van der Waals surface area contributed by atoms with E-state index in [2.05, 4.69) is 15.4 Å². The van der Waals surface area contributed by atoms with Gasteiger partial charge in [0.05, 0.1) is 16.5 Å². The summed E-state index contributed by atoms with van der Waals surface area (Å²) in [5, 5.41) is 13.2. The Labute approximate surface area is 161 Å². The highest BCUT2D eigenvalue weighted by molar-refractivity contribution is 7.89.